The molecule has 3 aliphatic rings. The Morgan fingerprint density at radius 3 is 2.75 bits per heavy atom. The normalized spacial score (nSPS) is 31.3. The van der Waals surface area contributed by atoms with E-state index in [1.165, 1.54) is 9.80 Å². The minimum atomic E-state index is -1.25. The number of aliphatic hydroxyl groups excluding tert-OH is 1. The highest BCUT2D eigenvalue weighted by molar-refractivity contribution is 9.09. The molecule has 3 aliphatic heterocycles. The van der Waals surface area contributed by atoms with Gasteiger partial charge >= 0.3 is 5.97 Å². The molecule has 7 atom stereocenters. The highest BCUT2D eigenvalue weighted by Crippen LogP contribution is 2.61. The summed E-state index contributed by atoms with van der Waals surface area (Å²) in [6.45, 7) is 9.22. The molecule has 3 fully saturated rings. The summed E-state index contributed by atoms with van der Waals surface area (Å²) < 4.78 is 11.8. The van der Waals surface area contributed by atoms with Crippen molar-refractivity contribution in [2.75, 3.05) is 24.7 Å². The number of hydrogen-bond donors (Lipinski definition) is 1. The van der Waals surface area contributed by atoms with E-state index in [0.717, 1.165) is 5.56 Å². The van der Waals surface area contributed by atoms with Crippen molar-refractivity contribution in [1.29, 1.82) is 0 Å². The zero-order chi connectivity index (χ0) is 26.4. The molecular formula is C26H32BrClN2O6. The largest absolute Gasteiger partial charge is 0.466 e. The Labute approximate surface area is 224 Å². The van der Waals surface area contributed by atoms with E-state index in [0.29, 0.717) is 23.6 Å². The van der Waals surface area contributed by atoms with E-state index in [4.69, 9.17) is 21.1 Å². The molecule has 196 valence electrons. The number of carbonyl (C=O) groups excluding carboxylic acids is 3. The quantitative estimate of drug-likeness (QED) is 0.272. The summed E-state index contributed by atoms with van der Waals surface area (Å²) in [5.74, 6) is -3.01. The zero-order valence-electron chi connectivity index (χ0n) is 20.7. The number of rotatable bonds is 9. The molecule has 1 N–H and O–H groups in total. The Morgan fingerprint density at radius 1 is 1.44 bits per heavy atom. The molecule has 0 saturated carbocycles. The van der Waals surface area contributed by atoms with Crippen LogP contribution in [0, 0.1) is 18.8 Å². The molecule has 0 radical (unpaired) electrons. The van der Waals surface area contributed by atoms with Gasteiger partial charge in [0.1, 0.15) is 11.6 Å². The van der Waals surface area contributed by atoms with E-state index in [1.807, 2.05) is 19.9 Å². The lowest BCUT2D eigenvalue weighted by atomic mass is 9.70. The van der Waals surface area contributed by atoms with Crippen LogP contribution in [0.3, 0.4) is 0 Å². The van der Waals surface area contributed by atoms with Crippen molar-refractivity contribution in [3.8, 4) is 0 Å². The van der Waals surface area contributed by atoms with Crippen LogP contribution in [-0.2, 0) is 23.9 Å². The summed E-state index contributed by atoms with van der Waals surface area (Å²) >= 11 is 10.2. The molecule has 2 amide bonds. The van der Waals surface area contributed by atoms with Gasteiger partial charge in [0.25, 0.3) is 5.91 Å². The van der Waals surface area contributed by atoms with Crippen molar-refractivity contribution in [3.05, 3.63) is 41.4 Å². The number of aryl methyl sites for hydroxylation is 1. The topological polar surface area (TPSA) is 96.4 Å². The summed E-state index contributed by atoms with van der Waals surface area (Å²) in [5, 5.41) is 10.6. The molecule has 1 spiro atoms. The van der Waals surface area contributed by atoms with Crippen molar-refractivity contribution in [2.45, 2.75) is 62.2 Å². The van der Waals surface area contributed by atoms with Crippen molar-refractivity contribution >= 4 is 51.0 Å². The number of carbonyl (C=O) groups is 3. The lowest BCUT2D eigenvalue weighted by molar-refractivity contribution is -0.155. The third-order valence-corrected chi connectivity index (χ3v) is 8.78. The molecule has 8 nitrogen and oxygen atoms in total. The minimum Gasteiger partial charge on any atom is -0.466 e. The fourth-order valence-corrected chi connectivity index (χ4v) is 7.46. The van der Waals surface area contributed by atoms with Gasteiger partial charge in [-0.15, -0.1) is 6.58 Å². The third kappa shape index (κ3) is 3.99. The number of ether oxygens (including phenoxy) is 2. The smallest absolute Gasteiger partial charge is 0.312 e. The monoisotopic (exact) mass is 582 g/mol. The number of esters is 1. The summed E-state index contributed by atoms with van der Waals surface area (Å²) in [5.41, 5.74) is 0.0659. The second-order valence-electron chi connectivity index (χ2n) is 9.55. The number of fused-ring (bicyclic) bond motifs is 1. The number of likely N-dealkylation sites (tertiary alicyclic amines) is 1. The van der Waals surface area contributed by atoms with E-state index in [9.17, 15) is 19.5 Å². The van der Waals surface area contributed by atoms with Gasteiger partial charge in [-0.2, -0.15) is 0 Å². The van der Waals surface area contributed by atoms with Crippen LogP contribution in [0.25, 0.3) is 0 Å². The molecule has 36 heavy (non-hydrogen) atoms. The second-order valence-corrected chi connectivity index (χ2v) is 11.1. The lowest BCUT2D eigenvalue weighted by Gasteiger charge is -2.39. The molecule has 1 aromatic rings. The molecule has 0 aliphatic carbocycles. The van der Waals surface area contributed by atoms with Gasteiger partial charge in [0, 0.05) is 11.4 Å². The van der Waals surface area contributed by atoms with E-state index >= 15 is 0 Å². The van der Waals surface area contributed by atoms with Crippen LogP contribution in [-0.4, -0.2) is 76.2 Å². The second kappa shape index (κ2) is 10.4. The number of hydrogen-bond acceptors (Lipinski definition) is 6. The molecule has 4 rings (SSSR count). The average molecular weight is 584 g/mol. The maximum absolute atomic E-state index is 14.5. The van der Waals surface area contributed by atoms with Gasteiger partial charge < -0.3 is 24.4 Å². The summed E-state index contributed by atoms with van der Waals surface area (Å²) in [7, 11) is 0. The van der Waals surface area contributed by atoms with Crippen molar-refractivity contribution in [3.63, 3.8) is 0 Å². The number of aliphatic hydroxyl groups is 1. The number of benzene rings is 1. The fraction of sp³-hybridized carbons (Fsp3) is 0.577. The molecule has 1 aromatic carbocycles. The van der Waals surface area contributed by atoms with Gasteiger partial charge in [0.2, 0.25) is 5.91 Å². The SMILES string of the molecule is C=CCN(C(=O)[C@H]1N([C@@H](CC)CO)C(=O)[C@@H]2[C@@H](C(=O)OCC)[C@@H]3O[C@@]21CC3Br)c1c(C)cccc1Cl. The first kappa shape index (κ1) is 27.1. The van der Waals surface area contributed by atoms with Crippen molar-refractivity contribution < 1.29 is 29.0 Å². The van der Waals surface area contributed by atoms with Crippen LogP contribution < -0.4 is 4.90 Å². The summed E-state index contributed by atoms with van der Waals surface area (Å²) in [6, 6.07) is 3.68. The Kier molecular flexibility index (Phi) is 7.86. The maximum atomic E-state index is 14.5. The number of halogens is 2. The van der Waals surface area contributed by atoms with Crippen LogP contribution in [0.5, 0.6) is 0 Å². The van der Waals surface area contributed by atoms with Gasteiger partial charge in [0.15, 0.2) is 0 Å². The first-order chi connectivity index (χ1) is 17.2. The molecule has 10 heteroatoms. The molecule has 3 saturated heterocycles. The Hall–Kier alpha value is -1.94. The highest BCUT2D eigenvalue weighted by Gasteiger charge is 2.77. The van der Waals surface area contributed by atoms with Crippen LogP contribution in [0.4, 0.5) is 5.69 Å². The summed E-state index contributed by atoms with van der Waals surface area (Å²) in [4.78, 5) is 44.3. The van der Waals surface area contributed by atoms with E-state index in [1.54, 1.807) is 25.1 Å². The zero-order valence-corrected chi connectivity index (χ0v) is 23.0. The molecule has 1 unspecified atom stereocenters. The lowest BCUT2D eigenvalue weighted by Crippen LogP contribution is -2.59. The molecule has 3 heterocycles. The minimum absolute atomic E-state index is 0.154. The number of anilines is 1. The predicted octanol–water partition coefficient (Wildman–Crippen LogP) is 3.25. The van der Waals surface area contributed by atoms with Gasteiger partial charge in [-0.3, -0.25) is 14.4 Å². The number of alkyl halides is 1. The fourth-order valence-electron chi connectivity index (χ4n) is 6.19. The number of para-hydroxylation sites is 1. The highest BCUT2D eigenvalue weighted by atomic mass is 79.9. The number of amides is 2. The first-order valence-electron chi connectivity index (χ1n) is 12.3. The summed E-state index contributed by atoms with van der Waals surface area (Å²) in [6.07, 6.45) is 1.79. The molecule has 0 aromatic heterocycles. The molecular weight excluding hydrogens is 552 g/mol. The van der Waals surface area contributed by atoms with Crippen molar-refractivity contribution in [2.24, 2.45) is 11.8 Å². The molecule has 2 bridgehead atoms. The van der Waals surface area contributed by atoms with E-state index in [2.05, 4.69) is 22.5 Å². The first-order valence-corrected chi connectivity index (χ1v) is 13.6. The Balaban J connectivity index is 1.87. The predicted molar refractivity (Wildman–Crippen MR) is 139 cm³/mol. The van der Waals surface area contributed by atoms with Crippen LogP contribution in [0.2, 0.25) is 5.02 Å². The van der Waals surface area contributed by atoms with Crippen LogP contribution in [0.15, 0.2) is 30.9 Å². The van der Waals surface area contributed by atoms with Crippen LogP contribution in [0.1, 0.15) is 32.3 Å². The van der Waals surface area contributed by atoms with Gasteiger partial charge in [-0.1, -0.05) is 52.7 Å². The van der Waals surface area contributed by atoms with E-state index < -0.39 is 47.5 Å². The van der Waals surface area contributed by atoms with Crippen molar-refractivity contribution in [1.82, 2.24) is 4.90 Å². The van der Waals surface area contributed by atoms with E-state index in [-0.39, 0.29) is 30.5 Å². The Morgan fingerprint density at radius 2 is 2.17 bits per heavy atom. The van der Waals surface area contributed by atoms with Crippen LogP contribution >= 0.6 is 27.5 Å². The maximum Gasteiger partial charge on any atom is 0.312 e. The third-order valence-electron chi connectivity index (χ3n) is 7.63. The standard InChI is InChI=1S/C26H32BrClN2O6/c1-5-11-29(20-14(4)9-8-10-17(20)28)24(33)22-26-12-16(27)21(36-26)18(25(34)35-7-3)19(26)23(32)30(22)15(6-2)13-31/h5,8-10,15-16,18-19,21-22,31H,1,6-7,11-13H2,2-4H3/t15-,16?,18+,19-,21+,22+,26-/m0/s1. The van der Waals surface area contributed by atoms with Gasteiger partial charge in [-0.05, 0) is 38.3 Å². The van der Waals surface area contributed by atoms with Gasteiger partial charge in [0.05, 0.1) is 47.9 Å². The van der Waals surface area contributed by atoms with Gasteiger partial charge in [-0.25, -0.2) is 0 Å². The Bertz CT molecular complexity index is 1040. The number of nitrogens with zero attached hydrogens (tertiary/aromatic N) is 2. The average Bonchev–Trinajstić information content (AvgIpc) is 3.43.